The van der Waals surface area contributed by atoms with Crippen molar-refractivity contribution >= 4 is 17.2 Å². The van der Waals surface area contributed by atoms with Gasteiger partial charge in [0, 0.05) is 29.1 Å². The van der Waals surface area contributed by atoms with Crippen molar-refractivity contribution < 1.29 is 4.79 Å². The van der Waals surface area contributed by atoms with E-state index >= 15 is 0 Å². The molecule has 132 valence electrons. The molecule has 1 aliphatic rings. The number of thiophene rings is 1. The number of hydrogen-bond donors (Lipinski definition) is 1. The predicted molar refractivity (Wildman–Crippen MR) is 106 cm³/mol. The van der Waals surface area contributed by atoms with E-state index in [0.717, 1.165) is 25.7 Å². The van der Waals surface area contributed by atoms with Crippen molar-refractivity contribution in [2.75, 3.05) is 0 Å². The summed E-state index contributed by atoms with van der Waals surface area (Å²) in [6.45, 7) is 0. The lowest BCUT2D eigenvalue weighted by atomic mass is 9.70. The largest absolute Gasteiger partial charge is 0.370 e. The first-order chi connectivity index (χ1) is 12.7. The van der Waals surface area contributed by atoms with E-state index in [0.29, 0.717) is 6.42 Å². The van der Waals surface area contributed by atoms with Gasteiger partial charge in [-0.25, -0.2) is 0 Å². The summed E-state index contributed by atoms with van der Waals surface area (Å²) in [4.78, 5) is 16.7. The first-order valence-corrected chi connectivity index (χ1v) is 9.94. The predicted octanol–water partition coefficient (Wildman–Crippen LogP) is 4.70. The third-order valence-corrected chi connectivity index (χ3v) is 6.35. The molecule has 1 amide bonds. The molecule has 0 aliphatic heterocycles. The Hall–Kier alpha value is -2.46. The summed E-state index contributed by atoms with van der Waals surface area (Å²) in [7, 11) is 0. The monoisotopic (exact) mass is 362 g/mol. The second-order valence-corrected chi connectivity index (χ2v) is 7.91. The van der Waals surface area contributed by atoms with Crippen molar-refractivity contribution in [2.45, 2.75) is 37.5 Å². The Labute approximate surface area is 157 Å². The quantitative estimate of drug-likeness (QED) is 0.620. The van der Waals surface area contributed by atoms with Gasteiger partial charge in [0.1, 0.15) is 0 Å². The van der Waals surface area contributed by atoms with E-state index in [4.69, 9.17) is 5.73 Å². The van der Waals surface area contributed by atoms with Crippen LogP contribution in [0.1, 0.15) is 42.4 Å². The fourth-order valence-corrected chi connectivity index (χ4v) is 5.30. The number of amides is 1. The second kappa shape index (κ2) is 7.04. The minimum absolute atomic E-state index is 0.0368. The van der Waals surface area contributed by atoms with E-state index in [1.54, 1.807) is 0 Å². The highest BCUT2D eigenvalue weighted by Gasteiger charge is 2.43. The number of fused-ring (bicyclic) bond motifs is 3. The number of rotatable bonds is 7. The molecule has 3 nitrogen and oxygen atoms in total. The van der Waals surface area contributed by atoms with Crippen LogP contribution in [0.5, 0.6) is 0 Å². The molecule has 26 heavy (non-hydrogen) atoms. The van der Waals surface area contributed by atoms with Gasteiger partial charge in [-0.3, -0.25) is 9.78 Å². The van der Waals surface area contributed by atoms with Gasteiger partial charge in [-0.05, 0) is 65.1 Å². The number of hydrogen-bond acceptors (Lipinski definition) is 3. The van der Waals surface area contributed by atoms with Crippen LogP contribution in [0, 0.1) is 0 Å². The molecule has 1 atom stereocenters. The highest BCUT2D eigenvalue weighted by Crippen LogP contribution is 2.55. The van der Waals surface area contributed by atoms with Crippen LogP contribution < -0.4 is 5.73 Å². The van der Waals surface area contributed by atoms with E-state index in [9.17, 15) is 4.79 Å². The standard InChI is InChI=1S/C22H22N2OS/c23-20(25)7-3-4-11-22(15-16-8-12-24-13-9-16)18-6-2-1-5-17(18)21-19(22)10-14-26-21/h1-2,5-6,8-10,12-14H,3-4,7,11,15H2,(H2,23,25). The number of nitrogens with zero attached hydrogens (tertiary/aromatic N) is 1. The molecule has 4 heteroatoms. The summed E-state index contributed by atoms with van der Waals surface area (Å²) in [6.07, 6.45) is 7.99. The summed E-state index contributed by atoms with van der Waals surface area (Å²) in [5, 5.41) is 2.20. The van der Waals surface area contributed by atoms with Crippen LogP contribution in [0.25, 0.3) is 10.4 Å². The minimum Gasteiger partial charge on any atom is -0.370 e. The van der Waals surface area contributed by atoms with Gasteiger partial charge in [-0.1, -0.05) is 30.7 Å². The van der Waals surface area contributed by atoms with Crippen LogP contribution in [-0.2, 0) is 16.6 Å². The molecule has 0 fully saturated rings. The summed E-state index contributed by atoms with van der Waals surface area (Å²) in [5.41, 5.74) is 10.8. The van der Waals surface area contributed by atoms with Crippen molar-refractivity contribution in [1.82, 2.24) is 4.98 Å². The number of pyridine rings is 1. The molecule has 1 aromatic carbocycles. The maximum absolute atomic E-state index is 11.1. The number of unbranched alkanes of at least 4 members (excludes halogenated alkanes) is 1. The molecule has 0 saturated heterocycles. The SMILES string of the molecule is NC(=O)CCCCC1(Cc2ccncc2)c2ccccc2-c2sccc21. The van der Waals surface area contributed by atoms with Crippen molar-refractivity contribution in [1.29, 1.82) is 0 Å². The van der Waals surface area contributed by atoms with Gasteiger partial charge in [-0.2, -0.15) is 0 Å². The normalized spacial score (nSPS) is 17.7. The Kier molecular flexibility index (Phi) is 4.60. The Balaban J connectivity index is 1.75. The third-order valence-electron chi connectivity index (χ3n) is 5.40. The average molecular weight is 362 g/mol. The summed E-state index contributed by atoms with van der Waals surface area (Å²) in [6, 6.07) is 15.3. The van der Waals surface area contributed by atoms with Crippen molar-refractivity contribution in [2.24, 2.45) is 5.73 Å². The molecular formula is C22H22N2OS. The summed E-state index contributed by atoms with van der Waals surface area (Å²) in [5.74, 6) is -0.212. The zero-order valence-corrected chi connectivity index (χ0v) is 15.5. The van der Waals surface area contributed by atoms with Crippen molar-refractivity contribution in [3.63, 3.8) is 0 Å². The van der Waals surface area contributed by atoms with E-state index in [1.807, 2.05) is 23.7 Å². The average Bonchev–Trinajstić information content (AvgIpc) is 3.23. The minimum atomic E-state index is -0.212. The van der Waals surface area contributed by atoms with E-state index in [2.05, 4.69) is 52.8 Å². The fraction of sp³-hybridized carbons (Fsp3) is 0.273. The first kappa shape index (κ1) is 17.0. The number of aromatic nitrogens is 1. The van der Waals surface area contributed by atoms with Gasteiger partial charge in [0.2, 0.25) is 5.91 Å². The smallest absolute Gasteiger partial charge is 0.217 e. The molecule has 0 bridgehead atoms. The molecule has 0 saturated carbocycles. The lowest BCUT2D eigenvalue weighted by Crippen LogP contribution is -2.28. The van der Waals surface area contributed by atoms with Crippen LogP contribution in [0.3, 0.4) is 0 Å². The van der Waals surface area contributed by atoms with Gasteiger partial charge in [0.15, 0.2) is 0 Å². The Morgan fingerprint density at radius 3 is 2.65 bits per heavy atom. The molecule has 1 unspecified atom stereocenters. The molecule has 0 spiro atoms. The maximum atomic E-state index is 11.1. The first-order valence-electron chi connectivity index (χ1n) is 9.06. The second-order valence-electron chi connectivity index (χ2n) is 7.00. The lowest BCUT2D eigenvalue weighted by molar-refractivity contribution is -0.118. The number of carbonyl (C=O) groups is 1. The Morgan fingerprint density at radius 2 is 1.85 bits per heavy atom. The zero-order valence-electron chi connectivity index (χ0n) is 14.7. The van der Waals surface area contributed by atoms with Gasteiger partial charge in [-0.15, -0.1) is 11.3 Å². The zero-order chi connectivity index (χ0) is 18.0. The molecule has 4 rings (SSSR count). The van der Waals surface area contributed by atoms with E-state index in [-0.39, 0.29) is 11.3 Å². The van der Waals surface area contributed by atoms with Crippen LogP contribution in [0.4, 0.5) is 0 Å². The summed E-state index contributed by atoms with van der Waals surface area (Å²) >= 11 is 1.83. The molecular weight excluding hydrogens is 340 g/mol. The van der Waals surface area contributed by atoms with Crippen LogP contribution >= 0.6 is 11.3 Å². The van der Waals surface area contributed by atoms with Crippen molar-refractivity contribution in [3.05, 3.63) is 76.9 Å². The molecule has 2 aromatic heterocycles. The lowest BCUT2D eigenvalue weighted by Gasteiger charge is -2.32. The van der Waals surface area contributed by atoms with Crippen LogP contribution in [0.15, 0.2) is 60.2 Å². The molecule has 1 aliphatic carbocycles. The number of nitrogens with two attached hydrogens (primary N) is 1. The topological polar surface area (TPSA) is 56.0 Å². The fourth-order valence-electron chi connectivity index (χ4n) is 4.26. The molecule has 2 N–H and O–H groups in total. The molecule has 2 heterocycles. The van der Waals surface area contributed by atoms with Gasteiger partial charge in [0.25, 0.3) is 0 Å². The van der Waals surface area contributed by atoms with Crippen molar-refractivity contribution in [3.8, 4) is 10.4 Å². The van der Waals surface area contributed by atoms with E-state index < -0.39 is 0 Å². The molecule has 0 radical (unpaired) electrons. The van der Waals surface area contributed by atoms with Gasteiger partial charge < -0.3 is 5.73 Å². The summed E-state index contributed by atoms with van der Waals surface area (Å²) < 4.78 is 0. The Morgan fingerprint density at radius 1 is 1.04 bits per heavy atom. The maximum Gasteiger partial charge on any atom is 0.217 e. The van der Waals surface area contributed by atoms with Gasteiger partial charge in [0.05, 0.1) is 0 Å². The Bertz CT molecular complexity index is 919. The number of benzene rings is 1. The molecule has 3 aromatic rings. The van der Waals surface area contributed by atoms with Gasteiger partial charge >= 0.3 is 0 Å². The highest BCUT2D eigenvalue weighted by atomic mass is 32.1. The van der Waals surface area contributed by atoms with Crippen LogP contribution in [0.2, 0.25) is 0 Å². The van der Waals surface area contributed by atoms with E-state index in [1.165, 1.54) is 27.1 Å². The third kappa shape index (κ3) is 2.95. The number of primary amides is 1. The highest BCUT2D eigenvalue weighted by molar-refractivity contribution is 7.14. The van der Waals surface area contributed by atoms with Crippen LogP contribution in [-0.4, -0.2) is 10.9 Å². The number of carbonyl (C=O) groups excluding carboxylic acids is 1.